The Kier molecular flexibility index (Phi) is 6.45. The van der Waals surface area contributed by atoms with Crippen molar-refractivity contribution in [2.24, 2.45) is 0 Å². The largest absolute Gasteiger partial charge is 0.503 e. The molecule has 3 aromatic rings. The summed E-state index contributed by atoms with van der Waals surface area (Å²) in [4.78, 5) is 30.2. The lowest BCUT2D eigenvalue weighted by Crippen LogP contribution is -2.36. The van der Waals surface area contributed by atoms with Crippen LogP contribution in [0.1, 0.15) is 47.5 Å². The van der Waals surface area contributed by atoms with Crippen molar-refractivity contribution < 1.29 is 19.1 Å². The molecule has 0 radical (unpaired) electrons. The van der Waals surface area contributed by atoms with Crippen molar-refractivity contribution in [2.45, 2.75) is 25.8 Å². The van der Waals surface area contributed by atoms with Gasteiger partial charge < -0.3 is 19.3 Å². The first-order chi connectivity index (χ1) is 15.7. The van der Waals surface area contributed by atoms with Gasteiger partial charge in [-0.25, -0.2) is 0 Å². The number of rotatable bonds is 7. The van der Waals surface area contributed by atoms with Crippen molar-refractivity contribution in [3.63, 3.8) is 0 Å². The van der Waals surface area contributed by atoms with Crippen molar-refractivity contribution in [1.29, 1.82) is 0 Å². The summed E-state index contributed by atoms with van der Waals surface area (Å²) in [5.41, 5.74) is 2.55. The lowest BCUT2D eigenvalue weighted by Gasteiger charge is -2.28. The summed E-state index contributed by atoms with van der Waals surface area (Å²) in [6.45, 7) is 5.19. The van der Waals surface area contributed by atoms with Crippen LogP contribution in [-0.4, -0.2) is 53.8 Å². The third-order valence-corrected chi connectivity index (χ3v) is 6.45. The fraction of sp³-hybridized carbons (Fsp3) is 0.308. The molecule has 1 aliphatic heterocycles. The van der Waals surface area contributed by atoms with Crippen LogP contribution < -0.4 is 0 Å². The van der Waals surface area contributed by atoms with E-state index in [1.807, 2.05) is 55.4 Å². The third-order valence-electron chi connectivity index (χ3n) is 5.96. The van der Waals surface area contributed by atoms with E-state index >= 15 is 0 Å². The zero-order valence-corrected chi connectivity index (χ0v) is 20.7. The Balaban J connectivity index is 1.78. The molecule has 1 atom stereocenters. The minimum absolute atomic E-state index is 0.0502. The number of aliphatic hydroxyl groups excluding tert-OH is 1. The number of Topliss-reactive ketones (excluding diaryl/α,β-unsaturated/α-hetero) is 1. The molecule has 0 aliphatic carbocycles. The Bertz CT molecular complexity index is 1240. The second-order valence-electron chi connectivity index (χ2n) is 8.91. The van der Waals surface area contributed by atoms with Gasteiger partial charge in [0.05, 0.1) is 11.6 Å². The van der Waals surface area contributed by atoms with E-state index in [-0.39, 0.29) is 11.3 Å². The van der Waals surface area contributed by atoms with Crippen LogP contribution >= 0.6 is 15.9 Å². The van der Waals surface area contributed by atoms with Crippen LogP contribution in [0.2, 0.25) is 0 Å². The van der Waals surface area contributed by atoms with Crippen molar-refractivity contribution in [3.05, 3.63) is 81.2 Å². The van der Waals surface area contributed by atoms with Crippen molar-refractivity contribution in [2.75, 3.05) is 27.2 Å². The monoisotopic (exact) mass is 510 g/mol. The molecule has 2 aromatic carbocycles. The molecule has 1 unspecified atom stereocenters. The van der Waals surface area contributed by atoms with Gasteiger partial charge in [0.15, 0.2) is 11.5 Å². The predicted octanol–water partition coefficient (Wildman–Crippen LogP) is 5.46. The van der Waals surface area contributed by atoms with Crippen LogP contribution in [0.25, 0.3) is 11.0 Å². The lowest BCUT2D eigenvalue weighted by molar-refractivity contribution is -0.129. The topological polar surface area (TPSA) is 74.0 Å². The van der Waals surface area contributed by atoms with Crippen LogP contribution in [0.3, 0.4) is 0 Å². The van der Waals surface area contributed by atoms with E-state index in [1.54, 1.807) is 17.0 Å². The summed E-state index contributed by atoms with van der Waals surface area (Å²) in [7, 11) is 3.83. The third kappa shape index (κ3) is 4.48. The number of benzene rings is 2. The second kappa shape index (κ2) is 9.15. The molecule has 0 bridgehead atoms. The Labute approximate surface area is 201 Å². The molecule has 172 valence electrons. The second-order valence-corrected chi connectivity index (χ2v) is 9.83. The van der Waals surface area contributed by atoms with Crippen LogP contribution in [0.15, 0.2) is 68.8 Å². The number of furan rings is 1. The van der Waals surface area contributed by atoms with E-state index < -0.39 is 23.5 Å². The van der Waals surface area contributed by atoms with E-state index in [4.69, 9.17) is 4.42 Å². The number of hydrogen-bond acceptors (Lipinski definition) is 5. The molecule has 0 spiro atoms. The zero-order chi connectivity index (χ0) is 23.9. The van der Waals surface area contributed by atoms with Crippen LogP contribution in [-0.2, 0) is 4.79 Å². The number of hydrogen-bond donors (Lipinski definition) is 1. The van der Waals surface area contributed by atoms with Gasteiger partial charge >= 0.3 is 0 Å². The number of carbonyl (C=O) groups excluding carboxylic acids is 2. The van der Waals surface area contributed by atoms with Crippen molar-refractivity contribution >= 4 is 38.6 Å². The van der Waals surface area contributed by atoms with Crippen LogP contribution in [0.4, 0.5) is 0 Å². The lowest BCUT2D eigenvalue weighted by atomic mass is 9.93. The minimum atomic E-state index is -0.689. The maximum atomic E-state index is 13.6. The summed E-state index contributed by atoms with van der Waals surface area (Å²) in [6.07, 6.45) is 0. The molecule has 4 rings (SSSR count). The number of nitrogens with zero attached hydrogens (tertiary/aromatic N) is 2. The average molecular weight is 511 g/mol. The van der Waals surface area contributed by atoms with E-state index in [1.165, 1.54) is 0 Å². The van der Waals surface area contributed by atoms with Crippen molar-refractivity contribution in [3.8, 4) is 0 Å². The van der Waals surface area contributed by atoms with E-state index in [2.05, 4.69) is 29.8 Å². The highest BCUT2D eigenvalue weighted by Gasteiger charge is 2.44. The molecule has 1 amide bonds. The normalized spacial score (nSPS) is 16.6. The number of halogens is 1. The van der Waals surface area contributed by atoms with Gasteiger partial charge in [-0.15, -0.1) is 0 Å². The minimum Gasteiger partial charge on any atom is -0.503 e. The number of ketones is 1. The highest BCUT2D eigenvalue weighted by molar-refractivity contribution is 9.10. The van der Waals surface area contributed by atoms with Gasteiger partial charge in [0.2, 0.25) is 5.78 Å². The van der Waals surface area contributed by atoms with Gasteiger partial charge in [-0.05, 0) is 55.4 Å². The van der Waals surface area contributed by atoms with E-state index in [0.717, 1.165) is 21.0 Å². The molecule has 2 heterocycles. The Hall–Kier alpha value is -2.90. The molecule has 6 nitrogen and oxygen atoms in total. The van der Waals surface area contributed by atoms with Gasteiger partial charge in [0.1, 0.15) is 5.58 Å². The Morgan fingerprint density at radius 3 is 2.48 bits per heavy atom. The van der Waals surface area contributed by atoms with Gasteiger partial charge in [0, 0.05) is 22.9 Å². The molecule has 1 aliphatic rings. The summed E-state index contributed by atoms with van der Waals surface area (Å²) < 4.78 is 6.66. The molecule has 1 aromatic heterocycles. The number of likely N-dealkylation sites (N-methyl/N-ethyl adjacent to an activating group) is 1. The molecular formula is C26H27BrN2O4. The van der Waals surface area contributed by atoms with Crippen LogP contribution in [0.5, 0.6) is 0 Å². The standard InChI is InChI=1S/C26H27BrN2O4/c1-15(2)16-5-7-17(8-6-16)23-22(25(31)26(32)29(23)12-11-28(3)4)24(30)21-14-18-13-19(27)9-10-20(18)33-21/h5-10,13-15,23,31H,11-12H2,1-4H3. The van der Waals surface area contributed by atoms with Crippen molar-refractivity contribution in [1.82, 2.24) is 9.80 Å². The predicted molar refractivity (Wildman–Crippen MR) is 131 cm³/mol. The first-order valence-electron chi connectivity index (χ1n) is 10.9. The smallest absolute Gasteiger partial charge is 0.290 e. The van der Waals surface area contributed by atoms with Gasteiger partial charge in [-0.2, -0.15) is 0 Å². The fourth-order valence-corrected chi connectivity index (χ4v) is 4.47. The number of carbonyl (C=O) groups is 2. The van der Waals surface area contributed by atoms with Gasteiger partial charge in [0.25, 0.3) is 5.91 Å². The number of amides is 1. The van der Waals surface area contributed by atoms with Gasteiger partial charge in [-0.1, -0.05) is 54.0 Å². The highest BCUT2D eigenvalue weighted by Crippen LogP contribution is 2.40. The highest BCUT2D eigenvalue weighted by atomic mass is 79.9. The molecule has 33 heavy (non-hydrogen) atoms. The van der Waals surface area contributed by atoms with Crippen LogP contribution in [0, 0.1) is 0 Å². The Morgan fingerprint density at radius 2 is 1.85 bits per heavy atom. The Morgan fingerprint density at radius 1 is 1.15 bits per heavy atom. The summed E-state index contributed by atoms with van der Waals surface area (Å²) in [5, 5.41) is 11.6. The maximum absolute atomic E-state index is 13.6. The molecule has 1 N–H and O–H groups in total. The first kappa shape index (κ1) is 23.3. The van der Waals surface area contributed by atoms with E-state index in [0.29, 0.717) is 24.6 Å². The molecular weight excluding hydrogens is 484 g/mol. The number of aliphatic hydroxyl groups is 1. The molecule has 0 saturated heterocycles. The zero-order valence-electron chi connectivity index (χ0n) is 19.1. The van der Waals surface area contributed by atoms with E-state index in [9.17, 15) is 14.7 Å². The fourth-order valence-electron chi connectivity index (χ4n) is 4.09. The summed E-state index contributed by atoms with van der Waals surface area (Å²) in [6, 6.07) is 14.3. The number of fused-ring (bicyclic) bond motifs is 1. The SMILES string of the molecule is CC(C)c1ccc(C2C(C(=O)c3cc4cc(Br)ccc4o3)=C(O)C(=O)N2CCN(C)C)cc1. The molecule has 0 saturated carbocycles. The van der Waals surface area contributed by atoms with Gasteiger partial charge in [-0.3, -0.25) is 9.59 Å². The molecule has 0 fully saturated rings. The first-order valence-corrected chi connectivity index (χ1v) is 11.7. The average Bonchev–Trinajstić information content (AvgIpc) is 3.30. The maximum Gasteiger partial charge on any atom is 0.290 e. The summed E-state index contributed by atoms with van der Waals surface area (Å²) in [5.74, 6) is -1.10. The molecule has 7 heteroatoms. The summed E-state index contributed by atoms with van der Waals surface area (Å²) >= 11 is 3.42. The quantitative estimate of drug-likeness (QED) is 0.427.